The minimum Gasteiger partial charge on any atom is -0.461 e. The van der Waals surface area contributed by atoms with Crippen LogP contribution in [0.2, 0.25) is 0 Å². The van der Waals surface area contributed by atoms with E-state index in [1.807, 2.05) is 0 Å². The van der Waals surface area contributed by atoms with E-state index in [9.17, 15) is 13.2 Å². The molecule has 1 aliphatic carbocycles. The fourth-order valence-corrected chi connectivity index (χ4v) is 4.47. The molecular formula is C22H20N4O6S. The molecular weight excluding hydrogens is 448 g/mol. The molecule has 1 aromatic carbocycles. The molecule has 1 saturated carbocycles. The molecule has 0 spiro atoms. The molecule has 2 N–H and O–H groups in total. The Bertz CT molecular complexity index is 1410. The smallest absolute Gasteiger partial charge is 0.264 e. The van der Waals surface area contributed by atoms with E-state index in [-0.39, 0.29) is 16.7 Å². The van der Waals surface area contributed by atoms with Crippen LogP contribution in [-0.2, 0) is 20.2 Å². The van der Waals surface area contributed by atoms with Gasteiger partial charge in [-0.1, -0.05) is 10.3 Å². The molecule has 4 aromatic rings. The summed E-state index contributed by atoms with van der Waals surface area (Å²) in [6.07, 6.45) is 2.80. The van der Waals surface area contributed by atoms with Gasteiger partial charge in [0.15, 0.2) is 5.76 Å². The van der Waals surface area contributed by atoms with Crippen molar-refractivity contribution in [2.45, 2.75) is 37.0 Å². The lowest BCUT2D eigenvalue weighted by molar-refractivity contribution is -0.118. The Morgan fingerprint density at radius 3 is 2.39 bits per heavy atom. The van der Waals surface area contributed by atoms with E-state index < -0.39 is 15.4 Å². The highest BCUT2D eigenvalue weighted by molar-refractivity contribution is 7.92. The summed E-state index contributed by atoms with van der Waals surface area (Å²) in [6.45, 7) is 3.43. The fraction of sp³-hybridized carbons (Fsp3) is 0.227. The Hall–Kier alpha value is -3.86. The number of nitrogens with one attached hydrogen (secondary N) is 2. The van der Waals surface area contributed by atoms with Crippen LogP contribution in [0, 0.1) is 13.8 Å². The van der Waals surface area contributed by atoms with Crippen molar-refractivity contribution < 1.29 is 26.7 Å². The van der Waals surface area contributed by atoms with Crippen molar-refractivity contribution >= 4 is 27.5 Å². The molecule has 10 nitrogen and oxygen atoms in total. The lowest BCUT2D eigenvalue weighted by Gasteiger charge is -2.13. The highest BCUT2D eigenvalue weighted by Gasteiger charge is 2.54. The molecule has 1 amide bonds. The van der Waals surface area contributed by atoms with Crippen LogP contribution >= 0.6 is 0 Å². The minimum atomic E-state index is -3.87. The van der Waals surface area contributed by atoms with Crippen LogP contribution in [0.3, 0.4) is 0 Å². The number of benzene rings is 1. The Kier molecular flexibility index (Phi) is 4.85. The maximum Gasteiger partial charge on any atom is 0.264 e. The number of carbonyl (C=O) groups excluding carboxylic acids is 1. The summed E-state index contributed by atoms with van der Waals surface area (Å²) >= 11 is 0. The molecule has 33 heavy (non-hydrogen) atoms. The first-order chi connectivity index (χ1) is 15.8. The van der Waals surface area contributed by atoms with Gasteiger partial charge in [-0.05, 0) is 63.1 Å². The monoisotopic (exact) mass is 468 g/mol. The van der Waals surface area contributed by atoms with Crippen LogP contribution in [0.1, 0.15) is 29.8 Å². The molecule has 0 bridgehead atoms. The predicted molar refractivity (Wildman–Crippen MR) is 117 cm³/mol. The summed E-state index contributed by atoms with van der Waals surface area (Å²) in [7, 11) is -3.87. The Morgan fingerprint density at radius 2 is 1.79 bits per heavy atom. The molecule has 0 radical (unpaired) electrons. The molecule has 11 heteroatoms. The zero-order valence-electron chi connectivity index (χ0n) is 17.8. The third-order valence-electron chi connectivity index (χ3n) is 5.76. The van der Waals surface area contributed by atoms with Crippen molar-refractivity contribution in [3.05, 3.63) is 65.7 Å². The van der Waals surface area contributed by atoms with Crippen molar-refractivity contribution in [3.8, 4) is 11.5 Å². The van der Waals surface area contributed by atoms with E-state index in [1.165, 1.54) is 30.5 Å². The summed E-state index contributed by atoms with van der Waals surface area (Å²) in [6, 6.07) is 11.1. The van der Waals surface area contributed by atoms with Gasteiger partial charge < -0.3 is 18.8 Å². The van der Waals surface area contributed by atoms with Crippen LogP contribution < -0.4 is 10.0 Å². The lowest BCUT2D eigenvalue weighted by atomic mass is 10.0. The SMILES string of the molecule is Cc1noc(NS(=O)(=O)c2ccc(NC(=O)C3(c4cc(-c5ccco5)on4)CC3)cc2)c1C. The summed E-state index contributed by atoms with van der Waals surface area (Å²) in [5.74, 6) is 0.824. The van der Waals surface area contributed by atoms with E-state index >= 15 is 0 Å². The number of amides is 1. The second-order valence-corrected chi connectivity index (χ2v) is 9.62. The maximum atomic E-state index is 13.0. The highest BCUT2D eigenvalue weighted by atomic mass is 32.2. The van der Waals surface area contributed by atoms with Gasteiger partial charge in [0.05, 0.1) is 28.0 Å². The normalized spacial score (nSPS) is 14.7. The first-order valence-electron chi connectivity index (χ1n) is 10.2. The molecule has 5 rings (SSSR count). The first-order valence-corrected chi connectivity index (χ1v) is 11.7. The number of furan rings is 1. The summed E-state index contributed by atoms with van der Waals surface area (Å²) in [5, 5.41) is 10.7. The van der Waals surface area contributed by atoms with Gasteiger partial charge in [0.1, 0.15) is 0 Å². The number of aromatic nitrogens is 2. The van der Waals surface area contributed by atoms with Crippen LogP contribution in [-0.4, -0.2) is 24.6 Å². The first kappa shape index (κ1) is 21.0. The largest absolute Gasteiger partial charge is 0.461 e. The number of hydrogen-bond acceptors (Lipinski definition) is 8. The Labute approximate surface area is 189 Å². The molecule has 0 atom stereocenters. The van der Waals surface area contributed by atoms with Crippen LogP contribution in [0.5, 0.6) is 0 Å². The summed E-state index contributed by atoms with van der Waals surface area (Å²) < 4.78 is 43.3. The van der Waals surface area contributed by atoms with Gasteiger partial charge in [0.2, 0.25) is 17.6 Å². The molecule has 170 valence electrons. The fourth-order valence-electron chi connectivity index (χ4n) is 3.42. The second-order valence-electron chi connectivity index (χ2n) is 7.94. The van der Waals surface area contributed by atoms with Crippen molar-refractivity contribution in [1.82, 2.24) is 10.3 Å². The third kappa shape index (κ3) is 3.80. The number of anilines is 2. The van der Waals surface area contributed by atoms with Gasteiger partial charge in [-0.15, -0.1) is 0 Å². The molecule has 0 unspecified atom stereocenters. The van der Waals surface area contributed by atoms with Crippen LogP contribution in [0.25, 0.3) is 11.5 Å². The van der Waals surface area contributed by atoms with E-state index in [4.69, 9.17) is 13.5 Å². The number of rotatable bonds is 7. The van der Waals surface area contributed by atoms with Crippen molar-refractivity contribution in [2.75, 3.05) is 10.0 Å². The third-order valence-corrected chi connectivity index (χ3v) is 7.10. The lowest BCUT2D eigenvalue weighted by Crippen LogP contribution is -2.28. The summed E-state index contributed by atoms with van der Waals surface area (Å²) in [4.78, 5) is 13.0. The van der Waals surface area contributed by atoms with E-state index in [0.717, 1.165) is 0 Å². The predicted octanol–water partition coefficient (Wildman–Crippen LogP) is 4.01. The zero-order valence-corrected chi connectivity index (χ0v) is 18.6. The quantitative estimate of drug-likeness (QED) is 0.414. The van der Waals surface area contributed by atoms with E-state index in [2.05, 4.69) is 20.4 Å². The van der Waals surface area contributed by atoms with E-state index in [1.54, 1.807) is 32.0 Å². The number of sulfonamides is 1. The highest BCUT2D eigenvalue weighted by Crippen LogP contribution is 2.49. The maximum absolute atomic E-state index is 13.0. The molecule has 3 heterocycles. The van der Waals surface area contributed by atoms with Gasteiger partial charge in [-0.25, -0.2) is 13.1 Å². The van der Waals surface area contributed by atoms with Gasteiger partial charge in [0, 0.05) is 17.3 Å². The molecule has 3 aromatic heterocycles. The number of aryl methyl sites for hydroxylation is 1. The topological polar surface area (TPSA) is 140 Å². The average Bonchev–Trinajstić information content (AvgIpc) is 3.12. The van der Waals surface area contributed by atoms with Crippen molar-refractivity contribution in [3.63, 3.8) is 0 Å². The second kappa shape index (κ2) is 7.62. The van der Waals surface area contributed by atoms with Crippen LogP contribution in [0.15, 0.2) is 67.1 Å². The van der Waals surface area contributed by atoms with Crippen molar-refractivity contribution in [1.29, 1.82) is 0 Å². The minimum absolute atomic E-state index is 0.0229. The van der Waals surface area contributed by atoms with Crippen LogP contribution in [0.4, 0.5) is 11.6 Å². The van der Waals surface area contributed by atoms with Gasteiger partial charge in [-0.3, -0.25) is 4.79 Å². The molecule has 1 fully saturated rings. The van der Waals surface area contributed by atoms with E-state index in [0.29, 0.717) is 47.0 Å². The molecule has 1 aliphatic rings. The number of carbonyl (C=O) groups is 1. The number of hydrogen-bond donors (Lipinski definition) is 2. The van der Waals surface area contributed by atoms with Crippen molar-refractivity contribution in [2.24, 2.45) is 0 Å². The summed E-state index contributed by atoms with van der Waals surface area (Å²) in [5.41, 5.74) is 1.44. The Balaban J connectivity index is 1.29. The molecule has 0 aliphatic heterocycles. The Morgan fingerprint density at radius 1 is 1.03 bits per heavy atom. The standard InChI is InChI=1S/C22H20N4O6S/c1-13-14(2)24-32-20(13)26-33(28,29)16-7-5-15(6-8-16)23-21(27)22(9-10-22)19-12-18(31-25-19)17-4-3-11-30-17/h3-8,11-12,26H,9-10H2,1-2H3,(H,23,27). The zero-order chi connectivity index (χ0) is 23.2. The van der Waals surface area contributed by atoms with Gasteiger partial charge in [-0.2, -0.15) is 0 Å². The average molecular weight is 468 g/mol. The van der Waals surface area contributed by atoms with Gasteiger partial charge in [0.25, 0.3) is 10.0 Å². The molecule has 0 saturated heterocycles. The number of nitrogens with zero attached hydrogens (tertiary/aromatic N) is 2. The van der Waals surface area contributed by atoms with Gasteiger partial charge >= 0.3 is 0 Å².